The molecule has 0 spiro atoms. The van der Waals surface area contributed by atoms with Crippen LogP contribution in [-0.4, -0.2) is 64.1 Å². The van der Waals surface area contributed by atoms with Crippen LogP contribution in [0.25, 0.3) is 0 Å². The Morgan fingerprint density at radius 1 is 1.09 bits per heavy atom. The third-order valence-corrected chi connectivity index (χ3v) is 8.26. The van der Waals surface area contributed by atoms with Crippen LogP contribution in [0.2, 0.25) is 0 Å². The van der Waals surface area contributed by atoms with Gasteiger partial charge in [0.05, 0.1) is 26.5 Å². The van der Waals surface area contributed by atoms with Crippen molar-refractivity contribution in [2.24, 2.45) is 0 Å². The van der Waals surface area contributed by atoms with E-state index < -0.39 is 28.0 Å². The number of hydrogen-bond donors (Lipinski definition) is 0. The molecule has 182 valence electrons. The lowest BCUT2D eigenvalue weighted by atomic mass is 10.1. The number of carbonyl (C=O) groups excluding carboxylic acids is 2. The van der Waals surface area contributed by atoms with E-state index in [0.29, 0.717) is 18.0 Å². The van der Waals surface area contributed by atoms with Gasteiger partial charge in [-0.2, -0.15) is 4.31 Å². The Balaban J connectivity index is 1.74. The summed E-state index contributed by atoms with van der Waals surface area (Å²) in [7, 11) is -1.24. The number of hydrogen-bond acceptors (Lipinski definition) is 7. The number of piperidine rings is 1. The Hall–Kier alpha value is -3.11. The summed E-state index contributed by atoms with van der Waals surface area (Å²) in [4.78, 5) is 27.1. The average Bonchev–Trinajstić information content (AvgIpc) is 2.86. The summed E-state index contributed by atoms with van der Waals surface area (Å²) in [6.45, 7) is 2.23. The molecule has 2 aromatic rings. The first-order valence-electron chi connectivity index (χ1n) is 11.1. The van der Waals surface area contributed by atoms with E-state index in [-0.39, 0.29) is 28.8 Å². The predicted molar refractivity (Wildman–Crippen MR) is 125 cm³/mol. The number of para-hydroxylation sites is 2. The summed E-state index contributed by atoms with van der Waals surface area (Å²) in [6, 6.07) is 11.1. The van der Waals surface area contributed by atoms with Crippen molar-refractivity contribution in [2.45, 2.75) is 43.2 Å². The number of carbonyl (C=O) groups is 2. The highest BCUT2D eigenvalue weighted by molar-refractivity contribution is 7.89. The van der Waals surface area contributed by atoms with E-state index in [9.17, 15) is 18.0 Å². The molecule has 1 amide bonds. The van der Waals surface area contributed by atoms with Gasteiger partial charge in [-0.25, -0.2) is 13.2 Å². The minimum Gasteiger partial charge on any atom is -0.495 e. The van der Waals surface area contributed by atoms with Gasteiger partial charge in [0.25, 0.3) is 5.91 Å². The fourth-order valence-corrected chi connectivity index (χ4v) is 6.29. The number of amides is 1. The molecule has 0 saturated carbocycles. The van der Waals surface area contributed by atoms with E-state index in [2.05, 4.69) is 0 Å². The van der Waals surface area contributed by atoms with Gasteiger partial charge in [-0.05, 0) is 50.1 Å². The number of fused-ring (bicyclic) bond motifs is 1. The Morgan fingerprint density at radius 3 is 2.56 bits per heavy atom. The van der Waals surface area contributed by atoms with Crippen LogP contribution in [-0.2, 0) is 19.6 Å². The molecular weight excluding hydrogens is 460 g/mol. The molecule has 4 rings (SSSR count). The summed E-state index contributed by atoms with van der Waals surface area (Å²) < 4.78 is 44.4. The lowest BCUT2D eigenvalue weighted by Gasteiger charge is -2.34. The van der Waals surface area contributed by atoms with Gasteiger partial charge in [0, 0.05) is 18.2 Å². The van der Waals surface area contributed by atoms with Crippen LogP contribution in [0, 0.1) is 0 Å². The van der Waals surface area contributed by atoms with E-state index in [0.717, 1.165) is 19.3 Å². The SMILES string of the molecule is COC(=O)[C@H]1CN(C(=O)c2ccc(OC)c(S(=O)(=O)N3CCCC[C@@H]3C)c2)c2ccccc2O1. The zero-order chi connectivity index (χ0) is 24.5. The molecule has 34 heavy (non-hydrogen) atoms. The van der Waals surface area contributed by atoms with Gasteiger partial charge < -0.3 is 19.1 Å². The van der Waals surface area contributed by atoms with Crippen LogP contribution in [0.5, 0.6) is 11.5 Å². The zero-order valence-electron chi connectivity index (χ0n) is 19.4. The first-order valence-corrected chi connectivity index (χ1v) is 12.6. The van der Waals surface area contributed by atoms with Crippen molar-refractivity contribution >= 4 is 27.6 Å². The molecule has 2 aromatic carbocycles. The number of rotatable bonds is 5. The summed E-state index contributed by atoms with van der Waals surface area (Å²) in [6.07, 6.45) is 1.53. The van der Waals surface area contributed by atoms with Crippen molar-refractivity contribution in [3.05, 3.63) is 48.0 Å². The molecule has 0 N–H and O–H groups in total. The molecule has 1 saturated heterocycles. The maximum atomic E-state index is 13.6. The highest BCUT2D eigenvalue weighted by atomic mass is 32.2. The van der Waals surface area contributed by atoms with Gasteiger partial charge in [0.1, 0.15) is 16.4 Å². The Morgan fingerprint density at radius 2 is 1.85 bits per heavy atom. The third-order valence-electron chi connectivity index (χ3n) is 6.22. The lowest BCUT2D eigenvalue weighted by molar-refractivity contribution is -0.148. The molecule has 1 fully saturated rings. The smallest absolute Gasteiger partial charge is 0.348 e. The van der Waals surface area contributed by atoms with Crippen molar-refractivity contribution in [1.82, 2.24) is 4.31 Å². The van der Waals surface area contributed by atoms with E-state index in [4.69, 9.17) is 14.2 Å². The monoisotopic (exact) mass is 488 g/mol. The highest BCUT2D eigenvalue weighted by Crippen LogP contribution is 2.36. The van der Waals surface area contributed by atoms with Gasteiger partial charge in [-0.15, -0.1) is 0 Å². The van der Waals surface area contributed by atoms with Crippen molar-refractivity contribution in [3.8, 4) is 11.5 Å². The quantitative estimate of drug-likeness (QED) is 0.597. The Labute approximate surface area is 199 Å². The number of ether oxygens (including phenoxy) is 3. The Bertz CT molecular complexity index is 1200. The number of methoxy groups -OCH3 is 2. The minimum absolute atomic E-state index is 0.0549. The lowest BCUT2D eigenvalue weighted by Crippen LogP contribution is -2.47. The number of sulfonamides is 1. The molecule has 0 aliphatic carbocycles. The maximum absolute atomic E-state index is 13.6. The normalized spacial score (nSPS) is 20.7. The average molecular weight is 489 g/mol. The van der Waals surface area contributed by atoms with Crippen LogP contribution in [0.1, 0.15) is 36.5 Å². The number of benzene rings is 2. The fourth-order valence-electron chi connectivity index (χ4n) is 4.40. The molecule has 2 aliphatic rings. The van der Waals surface area contributed by atoms with Gasteiger partial charge in [-0.1, -0.05) is 18.6 Å². The highest BCUT2D eigenvalue weighted by Gasteiger charge is 2.37. The number of anilines is 1. The van der Waals surface area contributed by atoms with E-state index in [1.54, 1.807) is 24.3 Å². The van der Waals surface area contributed by atoms with Gasteiger partial charge in [-0.3, -0.25) is 4.79 Å². The van der Waals surface area contributed by atoms with Crippen LogP contribution < -0.4 is 14.4 Å². The van der Waals surface area contributed by atoms with Crippen molar-refractivity contribution < 1.29 is 32.2 Å². The van der Waals surface area contributed by atoms with Crippen LogP contribution >= 0.6 is 0 Å². The summed E-state index contributed by atoms with van der Waals surface area (Å²) >= 11 is 0. The summed E-state index contributed by atoms with van der Waals surface area (Å²) in [5.41, 5.74) is 0.641. The minimum atomic E-state index is -3.89. The second-order valence-electron chi connectivity index (χ2n) is 8.34. The first kappa shape index (κ1) is 24.0. The molecule has 0 unspecified atom stereocenters. The van der Waals surface area contributed by atoms with E-state index in [1.165, 1.54) is 41.6 Å². The zero-order valence-corrected chi connectivity index (χ0v) is 20.2. The summed E-state index contributed by atoms with van der Waals surface area (Å²) in [5, 5.41) is 0. The molecule has 0 aromatic heterocycles. The number of nitrogens with zero attached hydrogens (tertiary/aromatic N) is 2. The second kappa shape index (κ2) is 9.63. The third kappa shape index (κ3) is 4.35. The molecular formula is C24H28N2O7S. The first-order chi connectivity index (χ1) is 16.3. The molecule has 2 aliphatic heterocycles. The molecule has 10 heteroatoms. The van der Waals surface area contributed by atoms with Crippen molar-refractivity contribution in [2.75, 3.05) is 32.2 Å². The molecule has 0 bridgehead atoms. The van der Waals surface area contributed by atoms with Crippen LogP contribution in [0.4, 0.5) is 5.69 Å². The van der Waals surface area contributed by atoms with Gasteiger partial charge >= 0.3 is 5.97 Å². The van der Waals surface area contributed by atoms with Gasteiger partial charge in [0.15, 0.2) is 0 Å². The topological polar surface area (TPSA) is 102 Å². The molecule has 0 radical (unpaired) electrons. The molecule has 2 atom stereocenters. The predicted octanol–water partition coefficient (Wildman–Crippen LogP) is 2.84. The second-order valence-corrected chi connectivity index (χ2v) is 10.2. The summed E-state index contributed by atoms with van der Waals surface area (Å²) in [5.74, 6) is -0.537. The van der Waals surface area contributed by atoms with E-state index >= 15 is 0 Å². The van der Waals surface area contributed by atoms with Crippen LogP contribution in [0.15, 0.2) is 47.4 Å². The molecule has 9 nitrogen and oxygen atoms in total. The standard InChI is InChI=1S/C24H28N2O7S/c1-16-8-6-7-13-26(16)34(29,30)22-14-17(11-12-20(22)31-2)23(27)25-15-21(24(28)32-3)33-19-10-5-4-9-18(19)25/h4-5,9-12,14,16,21H,6-8,13,15H2,1-3H3/t16-,21+/m0/s1. The Kier molecular flexibility index (Phi) is 6.81. The molecule has 2 heterocycles. The van der Waals surface area contributed by atoms with Crippen LogP contribution in [0.3, 0.4) is 0 Å². The van der Waals surface area contributed by atoms with Crippen molar-refractivity contribution in [1.29, 1.82) is 0 Å². The van der Waals surface area contributed by atoms with Crippen molar-refractivity contribution in [3.63, 3.8) is 0 Å². The fraction of sp³-hybridized carbons (Fsp3) is 0.417. The largest absolute Gasteiger partial charge is 0.495 e. The number of esters is 1. The van der Waals surface area contributed by atoms with E-state index in [1.807, 2.05) is 6.92 Å². The maximum Gasteiger partial charge on any atom is 0.348 e. The van der Waals surface area contributed by atoms with Gasteiger partial charge in [0.2, 0.25) is 16.1 Å².